The van der Waals surface area contributed by atoms with Crippen LogP contribution in [0, 0.1) is 0 Å². The van der Waals surface area contributed by atoms with Gasteiger partial charge in [0.05, 0.1) is 20.3 Å². The Morgan fingerprint density at radius 2 is 2.26 bits per heavy atom. The van der Waals surface area contributed by atoms with Crippen molar-refractivity contribution in [2.24, 2.45) is 5.73 Å². The van der Waals surface area contributed by atoms with Gasteiger partial charge in [0.15, 0.2) is 0 Å². The summed E-state index contributed by atoms with van der Waals surface area (Å²) in [4.78, 5) is 2.50. The number of nitrogens with two attached hydrogens (primary N) is 1. The van der Waals surface area contributed by atoms with Crippen LogP contribution in [0.1, 0.15) is 24.1 Å². The molecule has 1 saturated heterocycles. The standard InChI is InChI=1S/C15H22N2O2/c1-10-9-19-6-5-17(10)14-7-11-3-4-12(18-2)8-13(11)15(14)16/h3-4,8,10,14-15H,5-7,9,16H2,1-2H3. The van der Waals surface area contributed by atoms with E-state index in [1.165, 1.54) is 11.1 Å². The number of methoxy groups -OCH3 is 1. The van der Waals surface area contributed by atoms with Crippen LogP contribution >= 0.6 is 0 Å². The Labute approximate surface area is 114 Å². The molecule has 3 rings (SSSR count). The van der Waals surface area contributed by atoms with E-state index in [1.807, 2.05) is 6.07 Å². The Morgan fingerprint density at radius 3 is 3.00 bits per heavy atom. The van der Waals surface area contributed by atoms with Gasteiger partial charge in [-0.25, -0.2) is 0 Å². The normalized spacial score (nSPS) is 31.2. The second-order valence-electron chi connectivity index (χ2n) is 5.52. The van der Waals surface area contributed by atoms with Crippen LogP contribution in [0.25, 0.3) is 0 Å². The molecule has 1 aromatic rings. The first-order valence-electron chi connectivity index (χ1n) is 6.96. The molecular formula is C15H22N2O2. The largest absolute Gasteiger partial charge is 0.497 e. The first kappa shape index (κ1) is 12.9. The predicted octanol–water partition coefficient (Wildman–Crippen LogP) is 1.34. The third-order valence-electron chi connectivity index (χ3n) is 4.40. The van der Waals surface area contributed by atoms with Gasteiger partial charge in [0, 0.05) is 24.7 Å². The molecule has 0 radical (unpaired) electrons. The zero-order chi connectivity index (χ0) is 13.4. The second-order valence-corrected chi connectivity index (χ2v) is 5.52. The molecule has 0 aromatic heterocycles. The highest BCUT2D eigenvalue weighted by atomic mass is 16.5. The topological polar surface area (TPSA) is 47.7 Å². The van der Waals surface area contributed by atoms with Gasteiger partial charge in [-0.05, 0) is 36.6 Å². The van der Waals surface area contributed by atoms with Crippen molar-refractivity contribution in [1.82, 2.24) is 4.90 Å². The van der Waals surface area contributed by atoms with E-state index >= 15 is 0 Å². The Kier molecular flexibility index (Phi) is 3.48. The average molecular weight is 262 g/mol. The summed E-state index contributed by atoms with van der Waals surface area (Å²) in [5, 5.41) is 0. The smallest absolute Gasteiger partial charge is 0.119 e. The van der Waals surface area contributed by atoms with Crippen LogP contribution in [0.4, 0.5) is 0 Å². The maximum absolute atomic E-state index is 6.47. The molecular weight excluding hydrogens is 240 g/mol. The fraction of sp³-hybridized carbons (Fsp3) is 0.600. The molecule has 0 spiro atoms. The molecule has 4 heteroatoms. The Hall–Kier alpha value is -1.10. The number of hydrogen-bond donors (Lipinski definition) is 1. The van der Waals surface area contributed by atoms with Gasteiger partial charge in [-0.2, -0.15) is 0 Å². The molecule has 2 N–H and O–H groups in total. The van der Waals surface area contributed by atoms with Crippen molar-refractivity contribution in [3.63, 3.8) is 0 Å². The number of ether oxygens (including phenoxy) is 2. The van der Waals surface area contributed by atoms with Gasteiger partial charge < -0.3 is 15.2 Å². The van der Waals surface area contributed by atoms with Crippen molar-refractivity contribution < 1.29 is 9.47 Å². The summed E-state index contributed by atoms with van der Waals surface area (Å²) in [6, 6.07) is 7.17. The third kappa shape index (κ3) is 2.24. The van der Waals surface area contributed by atoms with Gasteiger partial charge in [-0.1, -0.05) is 6.07 Å². The highest BCUT2D eigenvalue weighted by molar-refractivity contribution is 5.42. The number of fused-ring (bicyclic) bond motifs is 1. The Bertz CT molecular complexity index is 463. The first-order valence-corrected chi connectivity index (χ1v) is 6.96. The summed E-state index contributed by atoms with van der Waals surface area (Å²) < 4.78 is 10.8. The van der Waals surface area contributed by atoms with Crippen LogP contribution < -0.4 is 10.5 Å². The maximum Gasteiger partial charge on any atom is 0.119 e. The Morgan fingerprint density at radius 1 is 1.42 bits per heavy atom. The van der Waals surface area contributed by atoms with Crippen molar-refractivity contribution in [3.8, 4) is 5.75 Å². The molecule has 1 aliphatic carbocycles. The van der Waals surface area contributed by atoms with Crippen LogP contribution in [0.3, 0.4) is 0 Å². The van der Waals surface area contributed by atoms with E-state index in [0.717, 1.165) is 31.9 Å². The lowest BCUT2D eigenvalue weighted by molar-refractivity contribution is -0.0248. The molecule has 3 atom stereocenters. The van der Waals surface area contributed by atoms with E-state index in [4.69, 9.17) is 15.2 Å². The molecule has 0 saturated carbocycles. The van der Waals surface area contributed by atoms with Crippen LogP contribution in [-0.2, 0) is 11.2 Å². The number of morpholine rings is 1. The van der Waals surface area contributed by atoms with Crippen molar-refractivity contribution in [2.45, 2.75) is 31.5 Å². The molecule has 1 aliphatic heterocycles. The zero-order valence-corrected chi connectivity index (χ0v) is 11.6. The minimum atomic E-state index is 0.0747. The SMILES string of the molecule is COc1ccc2c(c1)C(N)C(N1CCOCC1C)C2. The van der Waals surface area contributed by atoms with Gasteiger partial charge in [-0.15, -0.1) is 0 Å². The molecule has 3 unspecified atom stereocenters. The molecule has 104 valence electrons. The lowest BCUT2D eigenvalue weighted by Gasteiger charge is -2.39. The minimum absolute atomic E-state index is 0.0747. The molecule has 0 bridgehead atoms. The first-order chi connectivity index (χ1) is 9.20. The predicted molar refractivity (Wildman–Crippen MR) is 74.4 cm³/mol. The lowest BCUT2D eigenvalue weighted by atomic mass is 10.0. The van der Waals surface area contributed by atoms with Crippen LogP contribution in [0.5, 0.6) is 5.75 Å². The van der Waals surface area contributed by atoms with Gasteiger partial charge in [0.1, 0.15) is 5.75 Å². The number of benzene rings is 1. The molecule has 1 aromatic carbocycles. The van der Waals surface area contributed by atoms with E-state index in [2.05, 4.69) is 24.0 Å². The fourth-order valence-corrected chi connectivity index (χ4v) is 3.31. The second kappa shape index (κ2) is 5.12. The summed E-state index contributed by atoms with van der Waals surface area (Å²) in [5.74, 6) is 0.893. The Balaban J connectivity index is 1.84. The van der Waals surface area contributed by atoms with Gasteiger partial charge in [0.2, 0.25) is 0 Å². The molecule has 1 heterocycles. The molecule has 0 amide bonds. The quantitative estimate of drug-likeness (QED) is 0.874. The molecule has 4 nitrogen and oxygen atoms in total. The van der Waals surface area contributed by atoms with Crippen molar-refractivity contribution in [3.05, 3.63) is 29.3 Å². The highest BCUT2D eigenvalue weighted by Crippen LogP contribution is 2.36. The number of nitrogens with zero attached hydrogens (tertiary/aromatic N) is 1. The van der Waals surface area contributed by atoms with E-state index in [1.54, 1.807) is 7.11 Å². The molecule has 19 heavy (non-hydrogen) atoms. The number of hydrogen-bond acceptors (Lipinski definition) is 4. The van der Waals surface area contributed by atoms with E-state index < -0.39 is 0 Å². The van der Waals surface area contributed by atoms with Gasteiger partial charge in [-0.3, -0.25) is 4.90 Å². The van der Waals surface area contributed by atoms with Crippen LogP contribution in [0.2, 0.25) is 0 Å². The number of rotatable bonds is 2. The summed E-state index contributed by atoms with van der Waals surface area (Å²) in [6.45, 7) is 4.82. The van der Waals surface area contributed by atoms with Crippen LogP contribution in [-0.4, -0.2) is 43.9 Å². The van der Waals surface area contributed by atoms with E-state index in [0.29, 0.717) is 12.1 Å². The average Bonchev–Trinajstić information content (AvgIpc) is 2.76. The van der Waals surface area contributed by atoms with Crippen molar-refractivity contribution >= 4 is 0 Å². The summed E-state index contributed by atoms with van der Waals surface area (Å²) in [7, 11) is 1.70. The van der Waals surface area contributed by atoms with Crippen LogP contribution in [0.15, 0.2) is 18.2 Å². The van der Waals surface area contributed by atoms with Gasteiger partial charge >= 0.3 is 0 Å². The summed E-state index contributed by atoms with van der Waals surface area (Å²) in [6.07, 6.45) is 1.03. The maximum atomic E-state index is 6.47. The minimum Gasteiger partial charge on any atom is -0.497 e. The van der Waals surface area contributed by atoms with Crippen molar-refractivity contribution in [2.75, 3.05) is 26.9 Å². The van der Waals surface area contributed by atoms with E-state index in [-0.39, 0.29) is 6.04 Å². The molecule has 2 aliphatic rings. The zero-order valence-electron chi connectivity index (χ0n) is 11.6. The summed E-state index contributed by atoms with van der Waals surface area (Å²) in [5.41, 5.74) is 9.07. The van der Waals surface area contributed by atoms with E-state index in [9.17, 15) is 0 Å². The highest BCUT2D eigenvalue weighted by Gasteiger charge is 2.37. The molecule has 1 fully saturated rings. The fourth-order valence-electron chi connectivity index (χ4n) is 3.31. The monoisotopic (exact) mass is 262 g/mol. The van der Waals surface area contributed by atoms with Crippen molar-refractivity contribution in [1.29, 1.82) is 0 Å². The summed E-state index contributed by atoms with van der Waals surface area (Å²) >= 11 is 0. The van der Waals surface area contributed by atoms with Gasteiger partial charge in [0.25, 0.3) is 0 Å². The lowest BCUT2D eigenvalue weighted by Crippen LogP contribution is -2.52. The third-order valence-corrected chi connectivity index (χ3v) is 4.40.